The fourth-order valence-electron chi connectivity index (χ4n) is 0.574. The van der Waals surface area contributed by atoms with Gasteiger partial charge >= 0.3 is 12.1 Å². The number of ether oxygens (including phenoxy) is 1. The number of hydroxylamine groups is 2. The number of hydrogen-bond acceptors (Lipinski definition) is 4. The highest BCUT2D eigenvalue weighted by Crippen LogP contribution is 1.97. The molecule has 0 saturated carbocycles. The average Bonchev–Trinajstić information content (AvgIpc) is 2.14. The van der Waals surface area contributed by atoms with E-state index >= 15 is 0 Å². The first-order valence-electron chi connectivity index (χ1n) is 3.86. The van der Waals surface area contributed by atoms with Crippen molar-refractivity contribution in [1.29, 1.82) is 0 Å². The van der Waals surface area contributed by atoms with Crippen molar-refractivity contribution in [3.63, 3.8) is 0 Å². The minimum Gasteiger partial charge on any atom is -0.448 e. The highest BCUT2D eigenvalue weighted by molar-refractivity contribution is 9.09. The molecule has 0 bridgehead atoms. The van der Waals surface area contributed by atoms with Gasteiger partial charge in [0.15, 0.2) is 0 Å². The molecule has 76 valence electrons. The first-order valence-corrected chi connectivity index (χ1v) is 4.98. The number of alkyl halides is 1. The van der Waals surface area contributed by atoms with Gasteiger partial charge in [0.05, 0.1) is 13.2 Å². The van der Waals surface area contributed by atoms with Gasteiger partial charge in [0.1, 0.15) is 5.33 Å². The molecule has 0 spiro atoms. The van der Waals surface area contributed by atoms with E-state index in [9.17, 15) is 9.59 Å². The molecule has 5 nitrogen and oxygen atoms in total. The van der Waals surface area contributed by atoms with Crippen molar-refractivity contribution in [2.45, 2.75) is 13.8 Å². The number of carbonyl (C=O) groups excluding carboxylic acids is 2. The zero-order chi connectivity index (χ0) is 10.3. The van der Waals surface area contributed by atoms with Gasteiger partial charge in [0.25, 0.3) is 0 Å². The van der Waals surface area contributed by atoms with E-state index < -0.39 is 12.1 Å². The minimum atomic E-state index is -0.653. The van der Waals surface area contributed by atoms with Crippen LogP contribution < -0.4 is 0 Å². The predicted octanol–water partition coefficient (Wildman–Crippen LogP) is 1.32. The van der Waals surface area contributed by atoms with E-state index in [1.54, 1.807) is 13.8 Å². The van der Waals surface area contributed by atoms with Crippen molar-refractivity contribution in [2.75, 3.05) is 18.5 Å². The summed E-state index contributed by atoms with van der Waals surface area (Å²) in [5, 5.41) is 0.913. The highest BCUT2D eigenvalue weighted by atomic mass is 79.9. The maximum Gasteiger partial charge on any atom is 0.443 e. The molecule has 0 aromatic carbocycles. The van der Waals surface area contributed by atoms with Crippen LogP contribution in [-0.2, 0) is 14.4 Å². The quantitative estimate of drug-likeness (QED) is 0.563. The standard InChI is InChI=1S/C7H12BrNO4/c1-3-9(7(11)12-4-2)13-6(10)5-8/h3-5H2,1-2H3. The maximum absolute atomic E-state index is 11.0. The van der Waals surface area contributed by atoms with E-state index in [2.05, 4.69) is 25.5 Å². The second-order valence-corrected chi connectivity index (χ2v) is 2.55. The number of amides is 1. The molecule has 0 aliphatic carbocycles. The zero-order valence-corrected chi connectivity index (χ0v) is 9.17. The fraction of sp³-hybridized carbons (Fsp3) is 0.714. The molecular formula is C7H12BrNO4. The molecule has 6 heteroatoms. The zero-order valence-electron chi connectivity index (χ0n) is 7.58. The van der Waals surface area contributed by atoms with E-state index in [1.165, 1.54) is 0 Å². The summed E-state index contributed by atoms with van der Waals surface area (Å²) in [6.07, 6.45) is -0.653. The molecule has 0 aliphatic heterocycles. The van der Waals surface area contributed by atoms with Crippen LogP contribution in [0, 0.1) is 0 Å². The van der Waals surface area contributed by atoms with Crippen molar-refractivity contribution in [1.82, 2.24) is 5.06 Å². The molecule has 0 aromatic rings. The molecule has 0 N–H and O–H groups in total. The first-order chi connectivity index (χ1) is 6.15. The minimum absolute atomic E-state index is 0.0445. The van der Waals surface area contributed by atoms with Gasteiger partial charge in [0.2, 0.25) is 0 Å². The Morgan fingerprint density at radius 2 is 2.00 bits per heavy atom. The van der Waals surface area contributed by atoms with Crippen LogP contribution in [0.2, 0.25) is 0 Å². The summed E-state index contributed by atoms with van der Waals surface area (Å²) in [6.45, 7) is 3.87. The van der Waals surface area contributed by atoms with Crippen molar-refractivity contribution >= 4 is 28.0 Å². The molecule has 0 heterocycles. The largest absolute Gasteiger partial charge is 0.448 e. The fourth-order valence-corrected chi connectivity index (χ4v) is 0.676. The molecule has 0 aromatic heterocycles. The van der Waals surface area contributed by atoms with Gasteiger partial charge < -0.3 is 9.57 Å². The molecule has 0 radical (unpaired) electrons. The van der Waals surface area contributed by atoms with Gasteiger partial charge in [0, 0.05) is 0 Å². The van der Waals surface area contributed by atoms with Crippen LogP contribution in [0.4, 0.5) is 4.79 Å². The van der Waals surface area contributed by atoms with E-state index in [-0.39, 0.29) is 18.5 Å². The van der Waals surface area contributed by atoms with Gasteiger partial charge in [-0.15, -0.1) is 5.06 Å². The van der Waals surface area contributed by atoms with E-state index in [0.29, 0.717) is 0 Å². The maximum atomic E-state index is 11.0. The summed E-state index contributed by atoms with van der Waals surface area (Å²) in [4.78, 5) is 26.4. The summed E-state index contributed by atoms with van der Waals surface area (Å²) in [5.74, 6) is -0.532. The summed E-state index contributed by atoms with van der Waals surface area (Å²) in [7, 11) is 0. The van der Waals surface area contributed by atoms with E-state index in [1.807, 2.05) is 0 Å². The third-order valence-electron chi connectivity index (χ3n) is 1.08. The van der Waals surface area contributed by atoms with Crippen LogP contribution in [0.25, 0.3) is 0 Å². The lowest BCUT2D eigenvalue weighted by molar-refractivity contribution is -0.177. The third kappa shape index (κ3) is 4.72. The number of rotatable bonds is 3. The molecule has 13 heavy (non-hydrogen) atoms. The molecule has 0 aliphatic rings. The third-order valence-corrected chi connectivity index (χ3v) is 1.54. The number of carbonyl (C=O) groups is 2. The van der Waals surface area contributed by atoms with Gasteiger partial charge in [-0.2, -0.15) is 0 Å². The molecule has 0 unspecified atom stereocenters. The summed E-state index contributed by atoms with van der Waals surface area (Å²) in [6, 6.07) is 0. The summed E-state index contributed by atoms with van der Waals surface area (Å²) < 4.78 is 4.63. The SMILES string of the molecule is CCOC(=O)N(CC)OC(=O)CBr. The molecule has 1 amide bonds. The lowest BCUT2D eigenvalue weighted by Gasteiger charge is -2.17. The highest BCUT2D eigenvalue weighted by Gasteiger charge is 2.16. The number of hydrogen-bond donors (Lipinski definition) is 0. The van der Waals surface area contributed by atoms with E-state index in [4.69, 9.17) is 0 Å². The normalized spacial score (nSPS) is 9.15. The molecule has 0 saturated heterocycles. The average molecular weight is 254 g/mol. The van der Waals surface area contributed by atoms with Crippen molar-refractivity contribution in [3.8, 4) is 0 Å². The predicted molar refractivity (Wildman–Crippen MR) is 49.3 cm³/mol. The lowest BCUT2D eigenvalue weighted by atomic mass is 10.7. The summed E-state index contributed by atoms with van der Waals surface area (Å²) >= 11 is 2.91. The van der Waals surface area contributed by atoms with Crippen molar-refractivity contribution in [2.24, 2.45) is 0 Å². The second-order valence-electron chi connectivity index (χ2n) is 1.99. The Bertz CT molecular complexity index is 185. The Hall–Kier alpha value is -0.780. The Morgan fingerprint density at radius 1 is 1.38 bits per heavy atom. The Balaban J connectivity index is 4.01. The monoisotopic (exact) mass is 253 g/mol. The molecule has 0 fully saturated rings. The van der Waals surface area contributed by atoms with Gasteiger partial charge in [-0.05, 0) is 13.8 Å². The van der Waals surface area contributed by atoms with Crippen molar-refractivity contribution < 1.29 is 19.2 Å². The Labute approximate surface area is 85.1 Å². The van der Waals surface area contributed by atoms with Crippen LogP contribution in [-0.4, -0.2) is 35.6 Å². The Morgan fingerprint density at radius 3 is 2.38 bits per heavy atom. The van der Waals surface area contributed by atoms with Gasteiger partial charge in [-0.1, -0.05) is 15.9 Å². The smallest absolute Gasteiger partial charge is 0.443 e. The second kappa shape index (κ2) is 6.71. The summed E-state index contributed by atoms with van der Waals surface area (Å²) in [5.41, 5.74) is 0. The molecule has 0 atom stereocenters. The van der Waals surface area contributed by atoms with Crippen molar-refractivity contribution in [3.05, 3.63) is 0 Å². The van der Waals surface area contributed by atoms with Crippen LogP contribution in [0.3, 0.4) is 0 Å². The lowest BCUT2D eigenvalue weighted by Crippen LogP contribution is -2.34. The van der Waals surface area contributed by atoms with Crippen LogP contribution in [0.15, 0.2) is 0 Å². The van der Waals surface area contributed by atoms with Crippen LogP contribution >= 0.6 is 15.9 Å². The van der Waals surface area contributed by atoms with Crippen LogP contribution in [0.5, 0.6) is 0 Å². The van der Waals surface area contributed by atoms with E-state index in [0.717, 1.165) is 5.06 Å². The van der Waals surface area contributed by atoms with Gasteiger partial charge in [-0.25, -0.2) is 9.59 Å². The molecule has 0 rings (SSSR count). The Kier molecular flexibility index (Phi) is 6.30. The molecular weight excluding hydrogens is 242 g/mol. The van der Waals surface area contributed by atoms with Crippen LogP contribution in [0.1, 0.15) is 13.8 Å². The van der Waals surface area contributed by atoms with Gasteiger partial charge in [-0.3, -0.25) is 0 Å². The number of halogens is 1. The first kappa shape index (κ1) is 12.2. The topological polar surface area (TPSA) is 55.8 Å². The number of nitrogens with zero attached hydrogens (tertiary/aromatic N) is 1.